The van der Waals surface area contributed by atoms with Crippen molar-refractivity contribution in [3.8, 4) is 0 Å². The lowest BCUT2D eigenvalue weighted by atomic mass is 9.76. The van der Waals surface area contributed by atoms with Crippen LogP contribution < -0.4 is 0 Å². The summed E-state index contributed by atoms with van der Waals surface area (Å²) < 4.78 is 5.81. The van der Waals surface area contributed by atoms with E-state index in [2.05, 4.69) is 4.90 Å². The van der Waals surface area contributed by atoms with Crippen molar-refractivity contribution in [2.45, 2.75) is 25.4 Å². The van der Waals surface area contributed by atoms with Crippen molar-refractivity contribution in [2.75, 3.05) is 32.8 Å². The maximum atomic E-state index is 12.0. The molecule has 1 fully saturated rings. The van der Waals surface area contributed by atoms with Crippen LogP contribution in [0.15, 0.2) is 60.7 Å². The highest BCUT2D eigenvalue weighted by Crippen LogP contribution is 2.38. The molecule has 0 amide bonds. The van der Waals surface area contributed by atoms with Crippen LogP contribution in [0.2, 0.25) is 0 Å². The monoisotopic (exact) mass is 375 g/mol. The molecule has 0 aromatic heterocycles. The van der Waals surface area contributed by atoms with E-state index in [1.807, 2.05) is 67.6 Å². The van der Waals surface area contributed by atoms with Gasteiger partial charge in [0.15, 0.2) is 0 Å². The lowest BCUT2D eigenvalue weighted by Gasteiger charge is -2.39. The van der Waals surface area contributed by atoms with Crippen molar-refractivity contribution >= 4 is 12.4 Å². The molecule has 2 aromatic carbocycles. The van der Waals surface area contributed by atoms with Crippen molar-refractivity contribution in [2.24, 2.45) is 5.92 Å². The van der Waals surface area contributed by atoms with E-state index >= 15 is 0 Å². The van der Waals surface area contributed by atoms with Gasteiger partial charge in [0.2, 0.25) is 0 Å². The van der Waals surface area contributed by atoms with Crippen molar-refractivity contribution in [1.29, 1.82) is 0 Å². The summed E-state index contributed by atoms with van der Waals surface area (Å²) in [6.45, 7) is 6.30. The summed E-state index contributed by atoms with van der Waals surface area (Å²) in [5.41, 5.74) is 0.815. The number of rotatable bonds is 8. The molecule has 4 heteroatoms. The minimum Gasteiger partial charge on any atom is -0.381 e. The zero-order valence-electron chi connectivity index (χ0n) is 15.5. The smallest absolute Gasteiger partial charge is 0.121 e. The Morgan fingerprint density at radius 2 is 1.46 bits per heavy atom. The zero-order valence-corrected chi connectivity index (χ0v) is 16.3. The van der Waals surface area contributed by atoms with Crippen LogP contribution in [0.25, 0.3) is 0 Å². The number of hydrogen-bond donors (Lipinski definition) is 1. The van der Waals surface area contributed by atoms with E-state index in [4.69, 9.17) is 4.74 Å². The average molecular weight is 376 g/mol. The highest BCUT2D eigenvalue weighted by molar-refractivity contribution is 5.85. The highest BCUT2D eigenvalue weighted by atomic mass is 35.5. The normalized spacial score (nSPS) is 16.2. The number of hydrogen-bond acceptors (Lipinski definition) is 3. The molecule has 3 rings (SSSR count). The topological polar surface area (TPSA) is 32.7 Å². The fraction of sp³-hybridized carbons (Fsp3) is 0.455. The molecule has 26 heavy (non-hydrogen) atoms. The van der Waals surface area contributed by atoms with Crippen LogP contribution in [-0.4, -0.2) is 42.9 Å². The second-order valence-corrected chi connectivity index (χ2v) is 6.86. The summed E-state index contributed by atoms with van der Waals surface area (Å²) in [6.07, 6.45) is 2.49. The van der Waals surface area contributed by atoms with Crippen molar-refractivity contribution in [3.05, 3.63) is 71.8 Å². The Morgan fingerprint density at radius 3 is 1.92 bits per heavy atom. The summed E-state index contributed by atoms with van der Waals surface area (Å²) in [7, 11) is 0. The highest BCUT2D eigenvalue weighted by Gasteiger charge is 2.41. The maximum absolute atomic E-state index is 12.0. The standard InChI is InChI=1S/C22H29NO2.ClH/c1-2-25-18-21(17-23-15-9-10-16-23)22(24,19-11-5-3-6-12-19)20-13-7-4-8-14-20;/h3-8,11-14,21,24H,2,9-10,15-18H2,1H3;1H. The molecule has 1 atom stereocenters. The van der Waals surface area contributed by atoms with Gasteiger partial charge in [0, 0.05) is 19.1 Å². The fourth-order valence-electron chi connectivity index (χ4n) is 3.86. The van der Waals surface area contributed by atoms with E-state index in [9.17, 15) is 5.11 Å². The van der Waals surface area contributed by atoms with Gasteiger partial charge in [-0.15, -0.1) is 12.4 Å². The molecule has 142 valence electrons. The Balaban J connectivity index is 0.00000243. The number of likely N-dealkylation sites (tertiary alicyclic amines) is 1. The minimum atomic E-state index is -1.06. The number of benzene rings is 2. The number of nitrogens with zero attached hydrogens (tertiary/aromatic N) is 1. The van der Waals surface area contributed by atoms with Crippen LogP contribution in [0.3, 0.4) is 0 Å². The van der Waals surface area contributed by atoms with Crippen molar-refractivity contribution in [1.82, 2.24) is 4.90 Å². The van der Waals surface area contributed by atoms with E-state index in [0.717, 1.165) is 30.8 Å². The molecule has 0 bridgehead atoms. The van der Waals surface area contributed by atoms with Crippen LogP contribution in [-0.2, 0) is 10.3 Å². The van der Waals surface area contributed by atoms with Gasteiger partial charge >= 0.3 is 0 Å². The first-order valence-electron chi connectivity index (χ1n) is 9.38. The van der Waals surface area contributed by atoms with Gasteiger partial charge in [0.05, 0.1) is 6.61 Å². The van der Waals surface area contributed by atoms with E-state index in [1.54, 1.807) is 0 Å². The Kier molecular flexibility index (Phi) is 8.11. The largest absolute Gasteiger partial charge is 0.381 e. The minimum absolute atomic E-state index is 0. The molecule has 1 unspecified atom stereocenters. The van der Waals surface area contributed by atoms with E-state index in [0.29, 0.717) is 13.2 Å². The second-order valence-electron chi connectivity index (χ2n) is 6.86. The molecule has 1 aliphatic rings. The van der Waals surface area contributed by atoms with E-state index in [-0.39, 0.29) is 18.3 Å². The number of ether oxygens (including phenoxy) is 1. The summed E-state index contributed by atoms with van der Waals surface area (Å²) in [4.78, 5) is 2.46. The van der Waals surface area contributed by atoms with Gasteiger partial charge in [-0.25, -0.2) is 0 Å². The number of aliphatic hydroxyl groups is 1. The van der Waals surface area contributed by atoms with E-state index < -0.39 is 5.60 Å². The van der Waals surface area contributed by atoms with Gasteiger partial charge < -0.3 is 14.7 Å². The Morgan fingerprint density at radius 1 is 0.962 bits per heavy atom. The Labute approximate surface area is 163 Å². The second kappa shape index (κ2) is 10.1. The summed E-state index contributed by atoms with van der Waals surface area (Å²) in [5.74, 6) is -0.0182. The molecule has 0 spiro atoms. The van der Waals surface area contributed by atoms with Gasteiger partial charge in [-0.3, -0.25) is 0 Å². The molecule has 0 radical (unpaired) electrons. The van der Waals surface area contributed by atoms with E-state index in [1.165, 1.54) is 12.8 Å². The SMILES string of the molecule is CCOCC(CN1CCCC1)C(O)(c1ccccc1)c1ccccc1.Cl. The van der Waals surface area contributed by atoms with Gasteiger partial charge in [0.1, 0.15) is 5.60 Å². The predicted molar refractivity (Wildman–Crippen MR) is 109 cm³/mol. The molecule has 2 aromatic rings. The molecule has 0 saturated carbocycles. The summed E-state index contributed by atoms with van der Waals surface area (Å²) in [6, 6.07) is 20.1. The van der Waals surface area contributed by atoms with Crippen LogP contribution in [0, 0.1) is 5.92 Å². The molecule has 3 nitrogen and oxygen atoms in total. The van der Waals surface area contributed by atoms with Gasteiger partial charge in [-0.2, -0.15) is 0 Å². The molecule has 1 aliphatic heterocycles. The molecule has 1 saturated heterocycles. The predicted octanol–water partition coefficient (Wildman–Crippen LogP) is 4.09. The first-order valence-corrected chi connectivity index (χ1v) is 9.38. The molecule has 1 heterocycles. The van der Waals surface area contributed by atoms with Crippen molar-refractivity contribution in [3.63, 3.8) is 0 Å². The first-order chi connectivity index (χ1) is 12.2. The summed E-state index contributed by atoms with van der Waals surface area (Å²) >= 11 is 0. The first kappa shape index (κ1) is 20.9. The van der Waals surface area contributed by atoms with Gasteiger partial charge in [-0.1, -0.05) is 60.7 Å². The van der Waals surface area contributed by atoms with Gasteiger partial charge in [-0.05, 0) is 44.0 Å². The lowest BCUT2D eigenvalue weighted by molar-refractivity contribution is -0.0398. The third-order valence-corrected chi connectivity index (χ3v) is 5.22. The van der Waals surface area contributed by atoms with Crippen LogP contribution in [0.4, 0.5) is 0 Å². The molecular weight excluding hydrogens is 346 g/mol. The van der Waals surface area contributed by atoms with Crippen molar-refractivity contribution < 1.29 is 9.84 Å². The molecule has 0 aliphatic carbocycles. The molecular formula is C22H30ClNO2. The summed E-state index contributed by atoms with van der Waals surface area (Å²) in [5, 5.41) is 12.0. The average Bonchev–Trinajstić information content (AvgIpc) is 3.19. The quantitative estimate of drug-likeness (QED) is 0.754. The molecule has 1 N–H and O–H groups in total. The van der Waals surface area contributed by atoms with Crippen LogP contribution in [0.5, 0.6) is 0 Å². The Bertz CT molecular complexity index is 590. The third-order valence-electron chi connectivity index (χ3n) is 5.22. The fourth-order valence-corrected chi connectivity index (χ4v) is 3.86. The number of halogens is 1. The maximum Gasteiger partial charge on any atom is 0.121 e. The zero-order chi connectivity index (χ0) is 17.5. The van der Waals surface area contributed by atoms with Gasteiger partial charge in [0.25, 0.3) is 0 Å². The Hall–Kier alpha value is -1.39. The van der Waals surface area contributed by atoms with Crippen LogP contribution in [0.1, 0.15) is 30.9 Å². The lowest BCUT2D eigenvalue weighted by Crippen LogP contribution is -2.45. The third kappa shape index (κ3) is 4.66. The van der Waals surface area contributed by atoms with Crippen LogP contribution >= 0.6 is 12.4 Å².